The number of nitrogens with one attached hydrogen (secondary N) is 3. The van der Waals surface area contributed by atoms with Crippen molar-refractivity contribution in [1.29, 1.82) is 0 Å². The van der Waals surface area contributed by atoms with Crippen molar-refractivity contribution < 1.29 is 31.1 Å². The third kappa shape index (κ3) is 7.29. The van der Waals surface area contributed by atoms with Crippen LogP contribution >= 0.6 is 0 Å². The normalized spacial score (nSPS) is 11.8. The minimum Gasteiger partial charge on any atom is -0.332 e. The monoisotopic (exact) mass is 589 g/mol. The van der Waals surface area contributed by atoms with Crippen molar-refractivity contribution in [2.24, 2.45) is 7.05 Å². The molecule has 0 saturated heterocycles. The fourth-order valence-electron chi connectivity index (χ4n) is 3.98. The van der Waals surface area contributed by atoms with E-state index in [0.717, 1.165) is 11.6 Å². The lowest BCUT2D eigenvalue weighted by atomic mass is 10.1. The molecule has 0 aliphatic carbocycles. The molecule has 0 aliphatic heterocycles. The van der Waals surface area contributed by atoms with Gasteiger partial charge >= 0.3 is 18.4 Å². The van der Waals surface area contributed by atoms with Gasteiger partial charge in [-0.05, 0) is 62.3 Å². The number of imidazole rings is 2. The van der Waals surface area contributed by atoms with Gasteiger partial charge in [-0.1, -0.05) is 18.1 Å². The number of carbonyl (C=O) groups excluding carboxylic acids is 1. The summed E-state index contributed by atoms with van der Waals surface area (Å²) in [6, 6.07) is 7.73. The molecule has 0 bridgehead atoms. The molecule has 2 aromatic carbocycles. The second-order valence-electron chi connectivity index (χ2n) is 9.67. The molecule has 2 aromatic heterocycles. The minimum atomic E-state index is -4.59. The van der Waals surface area contributed by atoms with Crippen LogP contribution in [-0.4, -0.2) is 44.5 Å². The minimum absolute atomic E-state index is 0.0284. The Balaban J connectivity index is 1.49. The van der Waals surface area contributed by atoms with E-state index in [4.69, 9.17) is 0 Å². The second kappa shape index (κ2) is 11.6. The van der Waals surface area contributed by atoms with Crippen LogP contribution in [0.5, 0.6) is 0 Å². The van der Waals surface area contributed by atoms with Crippen molar-refractivity contribution in [3.63, 3.8) is 0 Å². The summed E-state index contributed by atoms with van der Waals surface area (Å²) in [5, 5.41) is 5.00. The molecule has 0 unspecified atom stereocenters. The van der Waals surface area contributed by atoms with E-state index in [0.29, 0.717) is 17.4 Å². The molecule has 4 rings (SSSR count). The second-order valence-corrected chi connectivity index (χ2v) is 9.67. The van der Waals surface area contributed by atoms with Gasteiger partial charge in [0.1, 0.15) is 11.4 Å². The van der Waals surface area contributed by atoms with Crippen molar-refractivity contribution in [1.82, 2.24) is 24.4 Å². The molecule has 2 heterocycles. The first-order valence-electron chi connectivity index (χ1n) is 12.3. The fourth-order valence-corrected chi connectivity index (χ4v) is 3.98. The number of alkyl halides is 6. The number of rotatable bonds is 5. The van der Waals surface area contributed by atoms with Gasteiger partial charge in [-0.15, -0.1) is 0 Å². The third-order valence-corrected chi connectivity index (χ3v) is 5.95. The maximum Gasteiger partial charge on any atom is 0.432 e. The summed E-state index contributed by atoms with van der Waals surface area (Å²) in [7, 11) is 4.90. The van der Waals surface area contributed by atoms with E-state index in [9.17, 15) is 31.1 Å². The van der Waals surface area contributed by atoms with Gasteiger partial charge in [-0.2, -0.15) is 26.3 Å². The summed E-state index contributed by atoms with van der Waals surface area (Å²) in [6.45, 7) is 1.86. The van der Waals surface area contributed by atoms with Crippen LogP contribution in [0.15, 0.2) is 48.8 Å². The molecule has 0 atom stereocenters. The maximum atomic E-state index is 13.6. The highest BCUT2D eigenvalue weighted by molar-refractivity contribution is 6.00. The molecule has 8 nitrogen and oxygen atoms in total. The van der Waals surface area contributed by atoms with Crippen LogP contribution in [0.2, 0.25) is 0 Å². The Kier molecular flexibility index (Phi) is 8.35. The standard InChI is InChI=1S/C28H25F6N7O/c1-16-5-8-19(37-26(42)38-20-9-7-18(14-40(2)3)22(12-20)27(29,30)31)11-17(16)6-10-21-15-41(4)25(36-21)24-35-13-23(39-24)28(32,33)34/h5,7-9,11-13,15H,14H2,1-4H3,(H,35,39)(H2,37,38,42). The van der Waals surface area contributed by atoms with Crippen LogP contribution in [0.25, 0.3) is 11.6 Å². The number of anilines is 2. The number of nitrogens with zero attached hydrogens (tertiary/aromatic N) is 4. The van der Waals surface area contributed by atoms with Crippen LogP contribution in [0, 0.1) is 18.8 Å². The quantitative estimate of drug-likeness (QED) is 0.189. The zero-order valence-electron chi connectivity index (χ0n) is 22.8. The van der Waals surface area contributed by atoms with Crippen molar-refractivity contribution in [2.45, 2.75) is 25.8 Å². The Bertz CT molecular complexity index is 1670. The number of hydrogen-bond acceptors (Lipinski definition) is 4. The number of aromatic amines is 1. The van der Waals surface area contributed by atoms with E-state index in [1.54, 1.807) is 51.2 Å². The molecule has 0 fully saturated rings. The lowest BCUT2D eigenvalue weighted by molar-refractivity contribution is -0.141. The van der Waals surface area contributed by atoms with Gasteiger partial charge in [0.15, 0.2) is 11.6 Å². The van der Waals surface area contributed by atoms with Gasteiger partial charge in [-0.3, -0.25) is 0 Å². The third-order valence-electron chi connectivity index (χ3n) is 5.95. The SMILES string of the molecule is Cc1ccc(NC(=O)Nc2ccc(CN(C)C)c(C(F)(F)F)c2)cc1C#Cc1cn(C)c(-c2ncc(C(F)(F)F)[nH]2)n1. The van der Waals surface area contributed by atoms with Gasteiger partial charge in [-0.25, -0.2) is 14.8 Å². The van der Waals surface area contributed by atoms with Gasteiger partial charge < -0.3 is 25.1 Å². The van der Waals surface area contributed by atoms with Crippen LogP contribution in [0.4, 0.5) is 42.5 Å². The predicted octanol–water partition coefficient (Wildman–Crippen LogP) is 6.26. The summed E-state index contributed by atoms with van der Waals surface area (Å²) in [6.07, 6.45) is -6.96. The summed E-state index contributed by atoms with van der Waals surface area (Å²) < 4.78 is 81.0. The first kappa shape index (κ1) is 30.2. The number of H-pyrrole nitrogens is 1. The first-order chi connectivity index (χ1) is 19.6. The zero-order chi connectivity index (χ0) is 30.8. The Morgan fingerprint density at radius 2 is 1.67 bits per heavy atom. The number of amides is 2. The molecule has 0 aliphatic rings. The van der Waals surface area contributed by atoms with E-state index >= 15 is 0 Å². The highest BCUT2D eigenvalue weighted by atomic mass is 19.4. The molecule has 0 saturated carbocycles. The molecule has 42 heavy (non-hydrogen) atoms. The molecule has 0 radical (unpaired) electrons. The van der Waals surface area contributed by atoms with Gasteiger partial charge in [0.05, 0.1) is 11.8 Å². The van der Waals surface area contributed by atoms with Crippen LogP contribution in [-0.2, 0) is 25.9 Å². The largest absolute Gasteiger partial charge is 0.432 e. The van der Waals surface area contributed by atoms with Crippen molar-refractivity contribution in [2.75, 3.05) is 24.7 Å². The average Bonchev–Trinajstić information content (AvgIpc) is 3.51. The van der Waals surface area contributed by atoms with E-state index in [2.05, 4.69) is 37.4 Å². The number of benzene rings is 2. The van der Waals surface area contributed by atoms with Crippen molar-refractivity contribution in [3.8, 4) is 23.5 Å². The molecule has 220 valence electrons. The summed E-state index contributed by atoms with van der Waals surface area (Å²) in [5.41, 5.74) is 0.0914. The smallest absolute Gasteiger partial charge is 0.332 e. The lowest BCUT2D eigenvalue weighted by Gasteiger charge is -2.18. The number of aromatic nitrogens is 4. The molecule has 2 amide bonds. The topological polar surface area (TPSA) is 90.9 Å². The molecule has 14 heteroatoms. The fraction of sp³-hybridized carbons (Fsp3) is 0.250. The first-order valence-corrected chi connectivity index (χ1v) is 12.3. The highest BCUT2D eigenvalue weighted by Crippen LogP contribution is 2.34. The molecule has 3 N–H and O–H groups in total. The van der Waals surface area contributed by atoms with E-state index in [1.807, 2.05) is 0 Å². The Hall–Kier alpha value is -4.77. The van der Waals surface area contributed by atoms with Gasteiger partial charge in [0, 0.05) is 36.7 Å². The van der Waals surface area contributed by atoms with E-state index in [-0.39, 0.29) is 35.1 Å². The predicted molar refractivity (Wildman–Crippen MR) is 144 cm³/mol. The summed E-state index contributed by atoms with van der Waals surface area (Å²) >= 11 is 0. The summed E-state index contributed by atoms with van der Waals surface area (Å²) in [4.78, 5) is 24.4. The van der Waals surface area contributed by atoms with E-state index < -0.39 is 29.6 Å². The van der Waals surface area contributed by atoms with E-state index in [1.165, 1.54) is 22.9 Å². The van der Waals surface area contributed by atoms with Gasteiger partial charge in [0.2, 0.25) is 0 Å². The number of carbonyl (C=O) groups is 1. The molecule has 0 spiro atoms. The van der Waals surface area contributed by atoms with Crippen molar-refractivity contribution in [3.05, 3.63) is 82.4 Å². The molecular weight excluding hydrogens is 564 g/mol. The number of halogens is 6. The lowest BCUT2D eigenvalue weighted by Crippen LogP contribution is -2.21. The average molecular weight is 590 g/mol. The van der Waals surface area contributed by atoms with Crippen LogP contribution < -0.4 is 10.6 Å². The number of hydrogen-bond donors (Lipinski definition) is 3. The summed E-state index contributed by atoms with van der Waals surface area (Å²) in [5.74, 6) is 5.85. The van der Waals surface area contributed by atoms with Crippen molar-refractivity contribution >= 4 is 17.4 Å². The zero-order valence-corrected chi connectivity index (χ0v) is 22.8. The highest BCUT2D eigenvalue weighted by Gasteiger charge is 2.34. The molecular formula is C28H25F6N7O. The Labute approximate surface area is 236 Å². The maximum absolute atomic E-state index is 13.6. The van der Waals surface area contributed by atoms with Gasteiger partial charge in [0.25, 0.3) is 0 Å². The Morgan fingerprint density at radius 3 is 2.29 bits per heavy atom. The molecule has 4 aromatic rings. The number of aryl methyl sites for hydroxylation is 2. The van der Waals surface area contributed by atoms with Crippen LogP contribution in [0.3, 0.4) is 0 Å². The number of urea groups is 1. The van der Waals surface area contributed by atoms with Crippen LogP contribution in [0.1, 0.15) is 33.6 Å². The Morgan fingerprint density at radius 1 is 1.00 bits per heavy atom.